The molecule has 3 nitrogen and oxygen atoms in total. The zero-order valence-electron chi connectivity index (χ0n) is 9.50. The van der Waals surface area contributed by atoms with Crippen LogP contribution >= 0.6 is 11.3 Å². The molecule has 1 heterocycles. The monoisotopic (exact) mass is 237 g/mol. The highest BCUT2D eigenvalue weighted by Crippen LogP contribution is 2.14. The first-order chi connectivity index (χ1) is 7.72. The summed E-state index contributed by atoms with van der Waals surface area (Å²) in [5, 5.41) is 4.71. The molecule has 0 unspecified atom stereocenters. The number of methoxy groups -OCH3 is 1. The van der Waals surface area contributed by atoms with E-state index in [-0.39, 0.29) is 5.91 Å². The van der Waals surface area contributed by atoms with Crippen LogP contribution in [0.1, 0.15) is 23.8 Å². The molecular weight excluding hydrogens is 222 g/mol. The van der Waals surface area contributed by atoms with Crippen molar-refractivity contribution in [3.8, 4) is 11.8 Å². The van der Waals surface area contributed by atoms with E-state index in [9.17, 15) is 4.79 Å². The lowest BCUT2D eigenvalue weighted by Crippen LogP contribution is -2.20. The normalized spacial score (nSPS) is 9.38. The maximum Gasteiger partial charge on any atom is 0.216 e. The van der Waals surface area contributed by atoms with E-state index in [1.165, 1.54) is 11.8 Å². The molecule has 0 aliphatic heterocycles. The van der Waals surface area contributed by atoms with Crippen LogP contribution in [-0.2, 0) is 16.1 Å². The summed E-state index contributed by atoms with van der Waals surface area (Å²) < 4.78 is 5.03. The highest BCUT2D eigenvalue weighted by atomic mass is 32.1. The molecule has 0 aliphatic carbocycles. The van der Waals surface area contributed by atoms with Crippen LogP contribution < -0.4 is 5.32 Å². The van der Waals surface area contributed by atoms with Gasteiger partial charge in [0.25, 0.3) is 0 Å². The van der Waals surface area contributed by atoms with Crippen LogP contribution in [0.5, 0.6) is 0 Å². The van der Waals surface area contributed by atoms with Crippen LogP contribution in [0.2, 0.25) is 0 Å². The van der Waals surface area contributed by atoms with Crippen molar-refractivity contribution >= 4 is 17.2 Å². The third kappa shape index (κ3) is 4.96. The maximum atomic E-state index is 10.6. The Morgan fingerprint density at radius 1 is 1.62 bits per heavy atom. The number of carbonyl (C=O) groups is 1. The topological polar surface area (TPSA) is 38.3 Å². The highest BCUT2D eigenvalue weighted by molar-refractivity contribution is 7.10. The van der Waals surface area contributed by atoms with Crippen molar-refractivity contribution in [2.24, 2.45) is 0 Å². The van der Waals surface area contributed by atoms with E-state index in [4.69, 9.17) is 4.74 Å². The van der Waals surface area contributed by atoms with Crippen LogP contribution in [-0.4, -0.2) is 19.6 Å². The molecule has 86 valence electrons. The molecule has 1 N–H and O–H groups in total. The molecule has 0 bridgehead atoms. The van der Waals surface area contributed by atoms with E-state index in [0.717, 1.165) is 5.56 Å². The van der Waals surface area contributed by atoms with Gasteiger partial charge in [0, 0.05) is 42.8 Å². The second-order valence-electron chi connectivity index (χ2n) is 3.27. The summed E-state index contributed by atoms with van der Waals surface area (Å²) in [6, 6.07) is 2.03. The van der Waals surface area contributed by atoms with Gasteiger partial charge < -0.3 is 10.1 Å². The smallest absolute Gasteiger partial charge is 0.216 e. The lowest BCUT2D eigenvalue weighted by Gasteiger charge is -1.94. The predicted molar refractivity (Wildman–Crippen MR) is 65.2 cm³/mol. The first-order valence-corrected chi connectivity index (χ1v) is 5.90. The van der Waals surface area contributed by atoms with Crippen molar-refractivity contribution < 1.29 is 9.53 Å². The molecule has 16 heavy (non-hydrogen) atoms. The molecule has 0 aromatic carbocycles. The van der Waals surface area contributed by atoms with E-state index < -0.39 is 0 Å². The van der Waals surface area contributed by atoms with Crippen LogP contribution in [0, 0.1) is 11.8 Å². The molecule has 0 saturated heterocycles. The first-order valence-electron chi connectivity index (χ1n) is 5.02. The van der Waals surface area contributed by atoms with Gasteiger partial charge in [0.05, 0.1) is 6.61 Å². The number of hydrogen-bond donors (Lipinski definition) is 1. The van der Waals surface area contributed by atoms with Crippen LogP contribution in [0.15, 0.2) is 11.4 Å². The van der Waals surface area contributed by atoms with Gasteiger partial charge in [-0.15, -0.1) is 11.3 Å². The fourth-order valence-corrected chi connectivity index (χ4v) is 1.92. The summed E-state index contributed by atoms with van der Waals surface area (Å²) in [5.74, 6) is 6.05. The molecule has 1 aromatic rings. The van der Waals surface area contributed by atoms with Crippen LogP contribution in [0.4, 0.5) is 0 Å². The summed E-state index contributed by atoms with van der Waals surface area (Å²) in [7, 11) is 1.68. The lowest BCUT2D eigenvalue weighted by atomic mass is 10.3. The molecule has 1 amide bonds. The Bertz CT molecular complexity index is 401. The molecule has 0 aliphatic rings. The summed E-state index contributed by atoms with van der Waals surface area (Å²) in [6.45, 7) is 2.75. The maximum absolute atomic E-state index is 10.6. The average Bonchev–Trinajstić information content (AvgIpc) is 2.65. The van der Waals surface area contributed by atoms with Crippen molar-refractivity contribution in [1.29, 1.82) is 0 Å². The van der Waals surface area contributed by atoms with Gasteiger partial charge in [-0.25, -0.2) is 0 Å². The number of carbonyl (C=O) groups excluding carboxylic acids is 1. The van der Waals surface area contributed by atoms with E-state index >= 15 is 0 Å². The number of hydrogen-bond acceptors (Lipinski definition) is 3. The number of thiophene rings is 1. The standard InChI is InChI=1S/C12H15NO2S/c1-10(14)13-6-4-3-5-11-7-12(8-15-2)16-9-11/h7,9H,4,6,8H2,1-2H3,(H,13,14). The number of rotatable bonds is 4. The van der Waals surface area contributed by atoms with Crippen LogP contribution in [0.25, 0.3) is 0 Å². The zero-order valence-corrected chi connectivity index (χ0v) is 10.3. The Hall–Kier alpha value is -1.31. The largest absolute Gasteiger partial charge is 0.379 e. The Kier molecular flexibility index (Phi) is 5.62. The minimum atomic E-state index is -0.0142. The Morgan fingerprint density at radius 2 is 2.44 bits per heavy atom. The molecule has 0 saturated carbocycles. The molecule has 0 spiro atoms. The molecule has 4 heteroatoms. The second kappa shape index (κ2) is 7.04. The van der Waals surface area contributed by atoms with Gasteiger partial charge >= 0.3 is 0 Å². The molecule has 1 rings (SSSR count). The molecule has 0 atom stereocenters. The molecule has 0 fully saturated rings. The molecule has 0 radical (unpaired) electrons. The van der Waals surface area contributed by atoms with E-state index in [0.29, 0.717) is 19.6 Å². The van der Waals surface area contributed by atoms with Gasteiger partial charge in [-0.1, -0.05) is 11.8 Å². The summed E-state index contributed by atoms with van der Waals surface area (Å²) in [5.41, 5.74) is 1.01. The van der Waals surface area contributed by atoms with E-state index in [1.54, 1.807) is 18.4 Å². The SMILES string of the molecule is COCc1cc(C#CCCNC(C)=O)cs1. The first kappa shape index (κ1) is 12.8. The second-order valence-corrected chi connectivity index (χ2v) is 4.27. The Labute approximate surface area is 99.8 Å². The van der Waals surface area contributed by atoms with Gasteiger partial charge in [-0.2, -0.15) is 0 Å². The third-order valence-corrected chi connectivity index (χ3v) is 2.71. The van der Waals surface area contributed by atoms with Crippen molar-refractivity contribution in [2.45, 2.75) is 20.0 Å². The van der Waals surface area contributed by atoms with Crippen LogP contribution in [0.3, 0.4) is 0 Å². The molecule has 1 aromatic heterocycles. The fraction of sp³-hybridized carbons (Fsp3) is 0.417. The van der Waals surface area contributed by atoms with Crippen molar-refractivity contribution in [1.82, 2.24) is 5.32 Å². The third-order valence-electron chi connectivity index (χ3n) is 1.80. The fourth-order valence-electron chi connectivity index (χ4n) is 1.13. The van der Waals surface area contributed by atoms with E-state index in [2.05, 4.69) is 17.2 Å². The Balaban J connectivity index is 2.35. The predicted octanol–water partition coefficient (Wildman–Crippen LogP) is 1.77. The summed E-state index contributed by atoms with van der Waals surface area (Å²) >= 11 is 1.65. The van der Waals surface area contributed by atoms with Gasteiger partial charge in [0.1, 0.15) is 0 Å². The number of amides is 1. The number of nitrogens with one attached hydrogen (secondary N) is 1. The lowest BCUT2D eigenvalue weighted by molar-refractivity contribution is -0.118. The highest BCUT2D eigenvalue weighted by Gasteiger charge is 1.95. The quantitative estimate of drug-likeness (QED) is 0.640. The number of ether oxygens (including phenoxy) is 1. The molecular formula is C12H15NO2S. The van der Waals surface area contributed by atoms with Crippen molar-refractivity contribution in [3.63, 3.8) is 0 Å². The minimum absolute atomic E-state index is 0.0142. The summed E-state index contributed by atoms with van der Waals surface area (Å²) in [4.78, 5) is 11.8. The average molecular weight is 237 g/mol. The van der Waals surface area contributed by atoms with Gasteiger partial charge in [-0.05, 0) is 6.07 Å². The van der Waals surface area contributed by atoms with Gasteiger partial charge in [0.15, 0.2) is 0 Å². The van der Waals surface area contributed by atoms with Gasteiger partial charge in [-0.3, -0.25) is 4.79 Å². The Morgan fingerprint density at radius 3 is 3.12 bits per heavy atom. The summed E-state index contributed by atoms with van der Waals surface area (Å²) in [6.07, 6.45) is 0.676. The minimum Gasteiger partial charge on any atom is -0.379 e. The zero-order chi connectivity index (χ0) is 11.8. The van der Waals surface area contributed by atoms with Crippen molar-refractivity contribution in [3.05, 3.63) is 21.9 Å². The van der Waals surface area contributed by atoms with Crippen molar-refractivity contribution in [2.75, 3.05) is 13.7 Å². The van der Waals surface area contributed by atoms with Gasteiger partial charge in [0.2, 0.25) is 5.91 Å². The van der Waals surface area contributed by atoms with E-state index in [1.807, 2.05) is 11.4 Å².